The van der Waals surface area contributed by atoms with E-state index in [1.54, 1.807) is 24.3 Å². The Morgan fingerprint density at radius 2 is 1.77 bits per heavy atom. The zero-order valence-corrected chi connectivity index (χ0v) is 17.4. The molecular formula is C23H18N6OS. The molecule has 0 aliphatic rings. The van der Waals surface area contributed by atoms with Gasteiger partial charge in [-0.15, -0.1) is 0 Å². The lowest BCUT2D eigenvalue weighted by molar-refractivity contribution is 0.101. The number of aromatic amines is 2. The average molecular weight is 427 g/mol. The van der Waals surface area contributed by atoms with E-state index in [-0.39, 0.29) is 5.78 Å². The van der Waals surface area contributed by atoms with Crippen LogP contribution in [-0.2, 0) is 0 Å². The summed E-state index contributed by atoms with van der Waals surface area (Å²) >= 11 is 1.57. The molecule has 3 aromatic carbocycles. The van der Waals surface area contributed by atoms with Gasteiger partial charge in [0.1, 0.15) is 0 Å². The van der Waals surface area contributed by atoms with Crippen LogP contribution in [0.3, 0.4) is 0 Å². The van der Waals surface area contributed by atoms with Crippen molar-refractivity contribution in [2.45, 2.75) is 6.92 Å². The first kappa shape index (κ1) is 19.0. The second-order valence-corrected chi connectivity index (χ2v) is 7.97. The van der Waals surface area contributed by atoms with Gasteiger partial charge in [-0.3, -0.25) is 9.89 Å². The molecule has 6 aromatic rings. The van der Waals surface area contributed by atoms with Gasteiger partial charge in [-0.05, 0) is 43.3 Å². The average Bonchev–Trinajstić information content (AvgIpc) is 3.50. The van der Waals surface area contributed by atoms with Crippen molar-refractivity contribution in [3.8, 4) is 0 Å². The standard InChI is InChI=1S/C16H12N4OS.C7H6N2/c1-9(21)10-6-7-11-13(8-10)18-15(17-11)20-16-19-12-4-2-3-5-14(12)22-16;1-2-4-7-6(3-1)5-8-9-7/h2-8H,1H3,(H2,17,18,19,20);1-5H,(H,8,9). The Labute approximate surface area is 181 Å². The number of carbonyl (C=O) groups excluding carboxylic acids is 1. The minimum Gasteiger partial charge on any atom is -0.324 e. The van der Waals surface area contributed by atoms with E-state index in [1.165, 1.54) is 0 Å². The Morgan fingerprint density at radius 3 is 2.61 bits per heavy atom. The molecule has 3 N–H and O–H groups in total. The second-order valence-electron chi connectivity index (χ2n) is 6.94. The molecule has 0 spiro atoms. The summed E-state index contributed by atoms with van der Waals surface area (Å²) in [7, 11) is 0. The molecule has 0 aliphatic heterocycles. The zero-order valence-electron chi connectivity index (χ0n) is 16.6. The maximum absolute atomic E-state index is 11.4. The van der Waals surface area contributed by atoms with Crippen molar-refractivity contribution in [1.82, 2.24) is 25.1 Å². The van der Waals surface area contributed by atoms with Gasteiger partial charge in [0.15, 0.2) is 10.9 Å². The number of thiazole rings is 1. The highest BCUT2D eigenvalue weighted by Gasteiger charge is 2.08. The van der Waals surface area contributed by atoms with Crippen LogP contribution >= 0.6 is 11.3 Å². The molecule has 0 amide bonds. The maximum Gasteiger partial charge on any atom is 0.207 e. The number of anilines is 2. The summed E-state index contributed by atoms with van der Waals surface area (Å²) in [5.74, 6) is 0.659. The molecule has 0 saturated heterocycles. The fourth-order valence-corrected chi connectivity index (χ4v) is 4.06. The summed E-state index contributed by atoms with van der Waals surface area (Å²) in [4.78, 5) is 23.6. The number of benzene rings is 3. The topological polar surface area (TPSA) is 99.4 Å². The van der Waals surface area contributed by atoms with E-state index in [1.807, 2.05) is 66.9 Å². The van der Waals surface area contributed by atoms with E-state index in [0.717, 1.165) is 37.3 Å². The number of fused-ring (bicyclic) bond motifs is 3. The number of nitrogens with one attached hydrogen (secondary N) is 3. The normalized spacial score (nSPS) is 10.9. The molecule has 0 aliphatic carbocycles. The van der Waals surface area contributed by atoms with Crippen molar-refractivity contribution < 1.29 is 4.79 Å². The monoisotopic (exact) mass is 426 g/mol. The molecule has 0 bridgehead atoms. The van der Waals surface area contributed by atoms with Crippen LogP contribution in [0.5, 0.6) is 0 Å². The van der Waals surface area contributed by atoms with Gasteiger partial charge in [0, 0.05) is 10.9 Å². The number of Topliss-reactive ketones (excluding diaryl/α,β-unsaturated/α-hetero) is 1. The number of rotatable bonds is 3. The summed E-state index contributed by atoms with van der Waals surface area (Å²) in [5, 5.41) is 11.9. The third-order valence-corrected chi connectivity index (χ3v) is 5.71. The van der Waals surface area contributed by atoms with Crippen LogP contribution < -0.4 is 5.32 Å². The number of aromatic nitrogens is 5. The van der Waals surface area contributed by atoms with Crippen molar-refractivity contribution in [3.05, 3.63) is 78.5 Å². The van der Waals surface area contributed by atoms with Gasteiger partial charge < -0.3 is 10.3 Å². The number of carbonyl (C=O) groups is 1. The van der Waals surface area contributed by atoms with Crippen LogP contribution in [0.2, 0.25) is 0 Å². The maximum atomic E-state index is 11.4. The van der Waals surface area contributed by atoms with E-state index in [0.29, 0.717) is 11.5 Å². The molecule has 0 saturated carbocycles. The van der Waals surface area contributed by atoms with Crippen LogP contribution in [0.15, 0.2) is 72.9 Å². The molecule has 152 valence electrons. The van der Waals surface area contributed by atoms with Crippen LogP contribution in [0.4, 0.5) is 11.1 Å². The molecule has 8 heteroatoms. The summed E-state index contributed by atoms with van der Waals surface area (Å²) < 4.78 is 1.12. The minimum absolute atomic E-state index is 0.0391. The van der Waals surface area contributed by atoms with Gasteiger partial charge in [-0.1, -0.05) is 41.7 Å². The van der Waals surface area contributed by atoms with Crippen molar-refractivity contribution >= 4 is 60.4 Å². The molecule has 7 nitrogen and oxygen atoms in total. The van der Waals surface area contributed by atoms with Crippen LogP contribution in [0.1, 0.15) is 17.3 Å². The smallest absolute Gasteiger partial charge is 0.207 e. The molecule has 0 unspecified atom stereocenters. The summed E-state index contributed by atoms with van der Waals surface area (Å²) in [5.41, 5.74) is 4.37. The second kappa shape index (κ2) is 8.00. The van der Waals surface area contributed by atoms with Gasteiger partial charge in [-0.25, -0.2) is 9.97 Å². The molecule has 0 fully saturated rings. The summed E-state index contributed by atoms with van der Waals surface area (Å²) in [6.45, 7) is 1.55. The van der Waals surface area contributed by atoms with E-state index in [9.17, 15) is 4.79 Å². The Kier molecular flexibility index (Phi) is 4.89. The first-order chi connectivity index (χ1) is 15.2. The third kappa shape index (κ3) is 4.01. The summed E-state index contributed by atoms with van der Waals surface area (Å²) in [6.07, 6.45) is 1.81. The molecule has 3 heterocycles. The van der Waals surface area contributed by atoms with E-state index in [4.69, 9.17) is 0 Å². The van der Waals surface area contributed by atoms with Gasteiger partial charge in [0.2, 0.25) is 5.95 Å². The Hall–Kier alpha value is -4.04. The SMILES string of the molecule is CC(=O)c1ccc2nc(Nc3nc4ccccc4s3)[nH]c2c1.c1ccc2[nH]ncc2c1. The van der Waals surface area contributed by atoms with Gasteiger partial charge in [0.05, 0.1) is 33.0 Å². The number of nitrogens with zero attached hydrogens (tertiary/aromatic N) is 3. The number of ketones is 1. The highest BCUT2D eigenvalue weighted by atomic mass is 32.1. The van der Waals surface area contributed by atoms with Crippen LogP contribution in [-0.4, -0.2) is 30.9 Å². The molecule has 3 aromatic heterocycles. The Morgan fingerprint density at radius 1 is 0.935 bits per heavy atom. The van der Waals surface area contributed by atoms with Crippen molar-refractivity contribution in [2.24, 2.45) is 0 Å². The molecule has 0 atom stereocenters. The van der Waals surface area contributed by atoms with Crippen LogP contribution in [0, 0.1) is 0 Å². The molecule has 0 radical (unpaired) electrons. The molecule has 31 heavy (non-hydrogen) atoms. The quantitative estimate of drug-likeness (QED) is 0.316. The number of para-hydroxylation sites is 2. The number of imidazole rings is 1. The van der Waals surface area contributed by atoms with Gasteiger partial charge >= 0.3 is 0 Å². The first-order valence-corrected chi connectivity index (χ1v) is 10.5. The third-order valence-electron chi connectivity index (χ3n) is 4.76. The summed E-state index contributed by atoms with van der Waals surface area (Å²) in [6, 6.07) is 21.4. The number of H-pyrrole nitrogens is 2. The number of hydrogen-bond acceptors (Lipinski definition) is 6. The lowest BCUT2D eigenvalue weighted by atomic mass is 10.1. The van der Waals surface area contributed by atoms with Crippen molar-refractivity contribution in [2.75, 3.05) is 5.32 Å². The van der Waals surface area contributed by atoms with Crippen molar-refractivity contribution in [1.29, 1.82) is 0 Å². The molecule has 6 rings (SSSR count). The predicted octanol–water partition coefficient (Wildman–Crippen LogP) is 5.68. The van der Waals surface area contributed by atoms with E-state index >= 15 is 0 Å². The van der Waals surface area contributed by atoms with Crippen molar-refractivity contribution in [3.63, 3.8) is 0 Å². The first-order valence-electron chi connectivity index (χ1n) is 9.67. The largest absolute Gasteiger partial charge is 0.324 e. The fraction of sp³-hybridized carbons (Fsp3) is 0.0435. The van der Waals surface area contributed by atoms with Gasteiger partial charge in [0.25, 0.3) is 0 Å². The molecular weight excluding hydrogens is 408 g/mol. The lowest BCUT2D eigenvalue weighted by Crippen LogP contribution is -1.91. The fourth-order valence-electron chi connectivity index (χ4n) is 3.20. The zero-order chi connectivity index (χ0) is 21.2. The van der Waals surface area contributed by atoms with E-state index < -0.39 is 0 Å². The van der Waals surface area contributed by atoms with Gasteiger partial charge in [-0.2, -0.15) is 5.10 Å². The highest BCUT2D eigenvalue weighted by Crippen LogP contribution is 2.28. The minimum atomic E-state index is 0.0391. The number of hydrogen-bond donors (Lipinski definition) is 3. The lowest BCUT2D eigenvalue weighted by Gasteiger charge is -1.95. The van der Waals surface area contributed by atoms with E-state index in [2.05, 4.69) is 30.5 Å². The highest BCUT2D eigenvalue weighted by molar-refractivity contribution is 7.22. The Bertz CT molecular complexity index is 1450. The van der Waals surface area contributed by atoms with Crippen LogP contribution in [0.25, 0.3) is 32.2 Å². The Balaban J connectivity index is 0.000000189. The predicted molar refractivity (Wildman–Crippen MR) is 125 cm³/mol.